The molecule has 2 aromatic heterocycles. The minimum Gasteiger partial charge on any atom is -0.375 e. The first-order valence-electron chi connectivity index (χ1n) is 10.7. The van der Waals surface area contributed by atoms with Gasteiger partial charge in [0, 0.05) is 13.7 Å². The van der Waals surface area contributed by atoms with Crippen LogP contribution in [0.5, 0.6) is 0 Å². The lowest BCUT2D eigenvalue weighted by Gasteiger charge is -2.35. The van der Waals surface area contributed by atoms with Gasteiger partial charge in [0.2, 0.25) is 5.91 Å². The van der Waals surface area contributed by atoms with E-state index < -0.39 is 6.04 Å². The third-order valence-corrected chi connectivity index (χ3v) is 5.27. The van der Waals surface area contributed by atoms with Gasteiger partial charge in [-0.05, 0) is 30.5 Å². The zero-order valence-electron chi connectivity index (χ0n) is 18.8. The number of nitrogens with two attached hydrogens (primary N) is 1. The summed E-state index contributed by atoms with van der Waals surface area (Å²) in [5.74, 6) is 0.318. The monoisotopic (exact) mass is 438 g/mol. The molecule has 9 heteroatoms. The molecule has 0 aliphatic carbocycles. The average Bonchev–Trinajstić information content (AvgIpc) is 2.79. The maximum Gasteiger partial charge on any atom is 0.282 e. The van der Waals surface area contributed by atoms with Crippen molar-refractivity contribution in [2.45, 2.75) is 32.9 Å². The fraction of sp³-hybridized carbons (Fsp3) is 0.435. The molecule has 0 saturated heterocycles. The first kappa shape index (κ1) is 23.5. The van der Waals surface area contributed by atoms with Crippen LogP contribution in [0.15, 0.2) is 47.4 Å². The van der Waals surface area contributed by atoms with Crippen molar-refractivity contribution in [3.05, 3.63) is 64.3 Å². The summed E-state index contributed by atoms with van der Waals surface area (Å²) >= 11 is 0. The maximum atomic E-state index is 13.5. The van der Waals surface area contributed by atoms with Gasteiger partial charge in [-0.15, -0.1) is 5.10 Å². The van der Waals surface area contributed by atoms with E-state index in [-0.39, 0.29) is 29.5 Å². The number of hydrogen-bond acceptors (Lipinski definition) is 7. The molecule has 0 spiro atoms. The zero-order valence-corrected chi connectivity index (χ0v) is 18.8. The Bertz CT molecular complexity index is 1100. The number of nitrogens with zero attached hydrogens (tertiary/aromatic N) is 5. The van der Waals surface area contributed by atoms with Crippen molar-refractivity contribution in [3.8, 4) is 0 Å². The number of fused-ring (bicyclic) bond motifs is 1. The van der Waals surface area contributed by atoms with Gasteiger partial charge in [-0.1, -0.05) is 44.2 Å². The summed E-state index contributed by atoms with van der Waals surface area (Å²) < 4.78 is 6.72. The van der Waals surface area contributed by atoms with Crippen molar-refractivity contribution >= 4 is 16.9 Å². The van der Waals surface area contributed by atoms with Gasteiger partial charge in [0.1, 0.15) is 17.9 Å². The highest BCUT2D eigenvalue weighted by Gasteiger charge is 2.32. The number of carbonyl (C=O) groups is 1. The van der Waals surface area contributed by atoms with Crippen LogP contribution < -0.4 is 11.3 Å². The molecular formula is C23H30N6O3. The second-order valence-electron chi connectivity index (χ2n) is 7.96. The fourth-order valence-electron chi connectivity index (χ4n) is 3.81. The molecule has 0 saturated carbocycles. The van der Waals surface area contributed by atoms with E-state index in [0.717, 1.165) is 5.56 Å². The smallest absolute Gasteiger partial charge is 0.282 e. The molecule has 0 aliphatic heterocycles. The van der Waals surface area contributed by atoms with E-state index in [1.807, 2.05) is 44.2 Å². The van der Waals surface area contributed by atoms with Crippen molar-refractivity contribution in [3.63, 3.8) is 0 Å². The highest BCUT2D eigenvalue weighted by molar-refractivity contribution is 5.78. The third kappa shape index (κ3) is 5.17. The molecule has 3 rings (SSSR count). The Morgan fingerprint density at radius 1 is 1.22 bits per heavy atom. The molecule has 1 unspecified atom stereocenters. The average molecular weight is 439 g/mol. The third-order valence-electron chi connectivity index (χ3n) is 5.27. The number of hydrogen-bond donors (Lipinski definition) is 1. The predicted octanol–water partition coefficient (Wildman–Crippen LogP) is 1.76. The lowest BCUT2D eigenvalue weighted by atomic mass is 10.00. The molecule has 0 radical (unpaired) electrons. The van der Waals surface area contributed by atoms with Crippen LogP contribution in [-0.4, -0.2) is 57.4 Å². The summed E-state index contributed by atoms with van der Waals surface area (Å²) in [5, 5.41) is 7.89. The van der Waals surface area contributed by atoms with Crippen molar-refractivity contribution < 1.29 is 9.53 Å². The number of benzene rings is 1. The molecule has 2 heterocycles. The van der Waals surface area contributed by atoms with Crippen LogP contribution in [0.25, 0.3) is 11.0 Å². The van der Waals surface area contributed by atoms with Crippen LogP contribution in [0.1, 0.15) is 37.7 Å². The number of amides is 1. The highest BCUT2D eigenvalue weighted by atomic mass is 16.5. The number of methoxy groups -OCH3 is 1. The summed E-state index contributed by atoms with van der Waals surface area (Å²) in [6.07, 6.45) is 2.13. The van der Waals surface area contributed by atoms with Gasteiger partial charge < -0.3 is 15.4 Å². The van der Waals surface area contributed by atoms with Crippen LogP contribution in [0, 0.1) is 5.92 Å². The van der Waals surface area contributed by atoms with E-state index in [0.29, 0.717) is 37.4 Å². The normalized spacial score (nSPS) is 12.3. The Kier molecular flexibility index (Phi) is 8.02. The first-order chi connectivity index (χ1) is 15.5. The maximum absolute atomic E-state index is 13.5. The van der Waals surface area contributed by atoms with Crippen molar-refractivity contribution in [1.82, 2.24) is 24.6 Å². The number of aromatic nitrogens is 4. The molecule has 0 aliphatic rings. The van der Waals surface area contributed by atoms with Crippen LogP contribution >= 0.6 is 0 Å². The SMILES string of the molecule is COCC(=O)N(CCCN)C(c1nc2ccnnc2c(=O)n1Cc1ccccc1)C(C)C. The number of ether oxygens (including phenoxy) is 1. The number of rotatable bonds is 10. The first-order valence-corrected chi connectivity index (χ1v) is 10.7. The van der Waals surface area contributed by atoms with E-state index in [9.17, 15) is 9.59 Å². The van der Waals surface area contributed by atoms with E-state index in [1.165, 1.54) is 13.3 Å². The van der Waals surface area contributed by atoms with Gasteiger partial charge in [-0.2, -0.15) is 5.10 Å². The Morgan fingerprint density at radius 2 is 1.97 bits per heavy atom. The highest BCUT2D eigenvalue weighted by Crippen LogP contribution is 2.28. The van der Waals surface area contributed by atoms with Gasteiger partial charge >= 0.3 is 0 Å². The minimum absolute atomic E-state index is 0.0187. The quantitative estimate of drug-likeness (QED) is 0.513. The van der Waals surface area contributed by atoms with Crippen molar-refractivity contribution in [2.75, 3.05) is 26.8 Å². The van der Waals surface area contributed by atoms with Crippen LogP contribution in [0.3, 0.4) is 0 Å². The van der Waals surface area contributed by atoms with E-state index in [2.05, 4.69) is 10.2 Å². The Labute approximate surface area is 187 Å². The van der Waals surface area contributed by atoms with Gasteiger partial charge in [-0.25, -0.2) is 4.98 Å². The molecule has 0 fully saturated rings. The van der Waals surface area contributed by atoms with Crippen LogP contribution in [0.2, 0.25) is 0 Å². The van der Waals surface area contributed by atoms with Gasteiger partial charge in [-0.3, -0.25) is 14.2 Å². The molecule has 170 valence electrons. The van der Waals surface area contributed by atoms with Gasteiger partial charge in [0.25, 0.3) is 5.56 Å². The molecule has 1 aromatic carbocycles. The molecule has 9 nitrogen and oxygen atoms in total. The van der Waals surface area contributed by atoms with E-state index in [1.54, 1.807) is 15.5 Å². The topological polar surface area (TPSA) is 116 Å². The summed E-state index contributed by atoms with van der Waals surface area (Å²) in [6.45, 7) is 5.15. The summed E-state index contributed by atoms with van der Waals surface area (Å²) in [6, 6.07) is 10.9. The van der Waals surface area contributed by atoms with Crippen molar-refractivity contribution in [1.29, 1.82) is 0 Å². The molecule has 0 bridgehead atoms. The number of carbonyl (C=O) groups excluding carboxylic acids is 1. The zero-order chi connectivity index (χ0) is 23.1. The largest absolute Gasteiger partial charge is 0.375 e. The predicted molar refractivity (Wildman–Crippen MR) is 122 cm³/mol. The lowest BCUT2D eigenvalue weighted by molar-refractivity contribution is -0.139. The van der Waals surface area contributed by atoms with Crippen LogP contribution in [-0.2, 0) is 16.1 Å². The molecule has 3 aromatic rings. The standard InChI is InChI=1S/C23H30N6O3/c1-16(2)21(28(13-7-11-24)19(30)15-32-3)22-26-18-10-12-25-27-20(18)23(31)29(22)14-17-8-5-4-6-9-17/h4-6,8-10,12,16,21H,7,11,13-15,24H2,1-3H3. The van der Waals surface area contributed by atoms with E-state index >= 15 is 0 Å². The summed E-state index contributed by atoms with van der Waals surface area (Å²) in [7, 11) is 1.49. The second-order valence-corrected chi connectivity index (χ2v) is 7.96. The summed E-state index contributed by atoms with van der Waals surface area (Å²) in [5.41, 5.74) is 7.05. The van der Waals surface area contributed by atoms with Crippen molar-refractivity contribution in [2.24, 2.45) is 11.7 Å². The fourth-order valence-corrected chi connectivity index (χ4v) is 3.81. The van der Waals surface area contributed by atoms with Gasteiger partial charge in [0.05, 0.1) is 18.8 Å². The Balaban J connectivity index is 2.22. The minimum atomic E-state index is -0.446. The molecule has 2 N–H and O–H groups in total. The lowest BCUT2D eigenvalue weighted by Crippen LogP contribution is -2.43. The van der Waals surface area contributed by atoms with E-state index in [4.69, 9.17) is 15.5 Å². The molecule has 1 atom stereocenters. The molecular weight excluding hydrogens is 408 g/mol. The second kappa shape index (κ2) is 10.9. The van der Waals surface area contributed by atoms with Gasteiger partial charge in [0.15, 0.2) is 5.52 Å². The van der Waals surface area contributed by atoms with Crippen LogP contribution in [0.4, 0.5) is 0 Å². The molecule has 32 heavy (non-hydrogen) atoms. The summed E-state index contributed by atoms with van der Waals surface area (Å²) in [4.78, 5) is 33.0. The Morgan fingerprint density at radius 3 is 2.62 bits per heavy atom. The Hall–Kier alpha value is -3.17. The molecule has 1 amide bonds.